The molecule has 0 atom stereocenters. The number of anilines is 1. The van der Waals surface area contributed by atoms with E-state index in [2.05, 4.69) is 20.4 Å². The zero-order valence-corrected chi connectivity index (χ0v) is 10.7. The summed E-state index contributed by atoms with van der Waals surface area (Å²) in [6.07, 6.45) is 5.46. The van der Waals surface area contributed by atoms with Gasteiger partial charge in [-0.05, 0) is 38.8 Å². The summed E-state index contributed by atoms with van der Waals surface area (Å²) in [5, 5.41) is 10.2. The highest BCUT2D eigenvalue weighted by Gasteiger charge is 2.18. The monoisotopic (exact) mass is 248 g/mol. The minimum Gasteiger partial charge on any atom is -0.383 e. The van der Waals surface area contributed by atoms with Gasteiger partial charge in [-0.3, -0.25) is 4.79 Å². The number of hydrogen-bond acceptors (Lipinski definition) is 4. The lowest BCUT2D eigenvalue weighted by Gasteiger charge is -2.20. The van der Waals surface area contributed by atoms with Gasteiger partial charge in [-0.1, -0.05) is 0 Å². The fraction of sp³-hybridized carbons (Fsp3) is 0.692. The molecule has 5 nitrogen and oxygen atoms in total. The number of H-pyrrole nitrogens is 1. The SMILES string of the molecule is O=c1[nH]nc(CCN2CCCC2)c2c1CCCN2. The van der Waals surface area contributed by atoms with E-state index < -0.39 is 0 Å². The highest BCUT2D eigenvalue weighted by atomic mass is 16.1. The Morgan fingerprint density at radius 2 is 2.06 bits per heavy atom. The van der Waals surface area contributed by atoms with E-state index >= 15 is 0 Å². The van der Waals surface area contributed by atoms with Crippen LogP contribution in [0.2, 0.25) is 0 Å². The topological polar surface area (TPSA) is 61.0 Å². The van der Waals surface area contributed by atoms with Crippen molar-refractivity contribution in [1.82, 2.24) is 15.1 Å². The van der Waals surface area contributed by atoms with Gasteiger partial charge >= 0.3 is 0 Å². The van der Waals surface area contributed by atoms with Gasteiger partial charge in [-0.2, -0.15) is 5.10 Å². The Bertz CT molecular complexity index is 476. The first-order valence-corrected chi connectivity index (χ1v) is 6.91. The van der Waals surface area contributed by atoms with E-state index in [4.69, 9.17) is 0 Å². The Morgan fingerprint density at radius 3 is 2.89 bits per heavy atom. The van der Waals surface area contributed by atoms with E-state index in [1.54, 1.807) is 0 Å². The largest absolute Gasteiger partial charge is 0.383 e. The molecule has 3 rings (SSSR count). The van der Waals surface area contributed by atoms with Crippen LogP contribution < -0.4 is 10.9 Å². The van der Waals surface area contributed by atoms with Gasteiger partial charge < -0.3 is 10.2 Å². The number of aromatic nitrogens is 2. The fourth-order valence-electron chi connectivity index (χ4n) is 2.91. The van der Waals surface area contributed by atoms with Crippen molar-refractivity contribution in [2.24, 2.45) is 0 Å². The van der Waals surface area contributed by atoms with E-state index in [0.29, 0.717) is 0 Å². The minimum atomic E-state index is -0.0258. The molecule has 0 radical (unpaired) electrons. The Kier molecular flexibility index (Phi) is 3.32. The first-order chi connectivity index (χ1) is 8.84. The van der Waals surface area contributed by atoms with Crippen LogP contribution in [-0.2, 0) is 12.8 Å². The zero-order valence-electron chi connectivity index (χ0n) is 10.7. The van der Waals surface area contributed by atoms with Crippen LogP contribution in [-0.4, -0.2) is 41.3 Å². The standard InChI is InChI=1S/C13H20N4O/c18-13-10-4-3-6-14-12(10)11(15-16-13)5-9-17-7-1-2-8-17/h14H,1-9H2,(H,16,18). The molecule has 1 saturated heterocycles. The maximum Gasteiger partial charge on any atom is 0.269 e. The van der Waals surface area contributed by atoms with Gasteiger partial charge in [0.25, 0.3) is 5.56 Å². The van der Waals surface area contributed by atoms with E-state index in [0.717, 1.165) is 49.3 Å². The number of likely N-dealkylation sites (tertiary alicyclic amines) is 1. The second-order valence-corrected chi connectivity index (χ2v) is 5.18. The lowest BCUT2D eigenvalue weighted by Crippen LogP contribution is -2.27. The molecule has 3 heterocycles. The van der Waals surface area contributed by atoms with E-state index in [1.165, 1.54) is 25.9 Å². The second kappa shape index (κ2) is 5.10. The maximum absolute atomic E-state index is 11.7. The summed E-state index contributed by atoms with van der Waals surface area (Å²) < 4.78 is 0. The molecule has 0 aromatic carbocycles. The van der Waals surface area contributed by atoms with Gasteiger partial charge in [-0.15, -0.1) is 0 Å². The molecular weight excluding hydrogens is 228 g/mol. The molecule has 0 saturated carbocycles. The lowest BCUT2D eigenvalue weighted by atomic mass is 10.0. The van der Waals surface area contributed by atoms with Gasteiger partial charge in [0, 0.05) is 25.1 Å². The summed E-state index contributed by atoms with van der Waals surface area (Å²) in [5.74, 6) is 0. The van der Waals surface area contributed by atoms with Crippen LogP contribution in [0.15, 0.2) is 4.79 Å². The molecule has 5 heteroatoms. The Labute approximate surface area is 107 Å². The number of nitrogens with zero attached hydrogens (tertiary/aromatic N) is 2. The molecule has 0 unspecified atom stereocenters. The van der Waals surface area contributed by atoms with Crippen molar-refractivity contribution < 1.29 is 0 Å². The predicted molar refractivity (Wildman–Crippen MR) is 71.0 cm³/mol. The molecule has 18 heavy (non-hydrogen) atoms. The first kappa shape index (κ1) is 11.7. The van der Waals surface area contributed by atoms with Crippen molar-refractivity contribution >= 4 is 5.69 Å². The number of hydrogen-bond donors (Lipinski definition) is 2. The lowest BCUT2D eigenvalue weighted by molar-refractivity contribution is 0.342. The Hall–Kier alpha value is -1.36. The third-order valence-electron chi connectivity index (χ3n) is 3.93. The van der Waals surface area contributed by atoms with Crippen LogP contribution in [0.1, 0.15) is 30.5 Å². The molecule has 1 aromatic heterocycles. The van der Waals surface area contributed by atoms with Crippen molar-refractivity contribution in [3.05, 3.63) is 21.6 Å². The number of nitrogens with one attached hydrogen (secondary N) is 2. The summed E-state index contributed by atoms with van der Waals surface area (Å²) in [7, 11) is 0. The van der Waals surface area contributed by atoms with Crippen LogP contribution in [0.5, 0.6) is 0 Å². The number of rotatable bonds is 3. The molecule has 1 aromatic rings. The quantitative estimate of drug-likeness (QED) is 0.829. The maximum atomic E-state index is 11.7. The summed E-state index contributed by atoms with van der Waals surface area (Å²) in [5.41, 5.74) is 2.90. The summed E-state index contributed by atoms with van der Waals surface area (Å²) in [6.45, 7) is 4.42. The normalized spacial score (nSPS) is 19.6. The minimum absolute atomic E-state index is 0.0258. The van der Waals surface area contributed by atoms with E-state index in [1.807, 2.05) is 0 Å². The summed E-state index contributed by atoms with van der Waals surface area (Å²) in [6, 6.07) is 0. The number of aromatic amines is 1. The van der Waals surface area contributed by atoms with Gasteiger partial charge in [-0.25, -0.2) is 5.10 Å². The molecule has 0 bridgehead atoms. The number of fused-ring (bicyclic) bond motifs is 1. The smallest absolute Gasteiger partial charge is 0.269 e. The van der Waals surface area contributed by atoms with E-state index in [9.17, 15) is 4.79 Å². The van der Waals surface area contributed by atoms with Crippen molar-refractivity contribution in [2.45, 2.75) is 32.1 Å². The fourth-order valence-corrected chi connectivity index (χ4v) is 2.91. The van der Waals surface area contributed by atoms with Crippen LogP contribution in [0.3, 0.4) is 0 Å². The molecule has 0 spiro atoms. The highest BCUT2D eigenvalue weighted by molar-refractivity contribution is 5.55. The van der Waals surface area contributed by atoms with Crippen molar-refractivity contribution in [3.8, 4) is 0 Å². The molecule has 0 aliphatic carbocycles. The molecule has 2 aliphatic rings. The van der Waals surface area contributed by atoms with Gasteiger partial charge in [0.1, 0.15) is 0 Å². The van der Waals surface area contributed by atoms with Crippen LogP contribution >= 0.6 is 0 Å². The summed E-state index contributed by atoms with van der Waals surface area (Å²) >= 11 is 0. The Morgan fingerprint density at radius 1 is 1.22 bits per heavy atom. The van der Waals surface area contributed by atoms with Gasteiger partial charge in [0.05, 0.1) is 11.4 Å². The van der Waals surface area contributed by atoms with E-state index in [-0.39, 0.29) is 5.56 Å². The Balaban J connectivity index is 1.77. The third kappa shape index (κ3) is 2.27. The molecule has 2 N–H and O–H groups in total. The van der Waals surface area contributed by atoms with Crippen LogP contribution in [0.4, 0.5) is 5.69 Å². The highest BCUT2D eigenvalue weighted by Crippen LogP contribution is 2.21. The van der Waals surface area contributed by atoms with Gasteiger partial charge in [0.2, 0.25) is 0 Å². The third-order valence-corrected chi connectivity index (χ3v) is 3.93. The zero-order chi connectivity index (χ0) is 12.4. The average Bonchev–Trinajstić information content (AvgIpc) is 2.92. The van der Waals surface area contributed by atoms with Crippen molar-refractivity contribution in [2.75, 3.05) is 31.5 Å². The first-order valence-electron chi connectivity index (χ1n) is 6.91. The average molecular weight is 248 g/mol. The van der Waals surface area contributed by atoms with Crippen LogP contribution in [0.25, 0.3) is 0 Å². The summed E-state index contributed by atoms with van der Waals surface area (Å²) in [4.78, 5) is 14.2. The van der Waals surface area contributed by atoms with Gasteiger partial charge in [0.15, 0.2) is 0 Å². The molecule has 2 aliphatic heterocycles. The van der Waals surface area contributed by atoms with Crippen LogP contribution in [0, 0.1) is 0 Å². The predicted octanol–water partition coefficient (Wildman–Crippen LogP) is 0.766. The second-order valence-electron chi connectivity index (χ2n) is 5.18. The molecule has 0 amide bonds. The molecule has 98 valence electrons. The molecule has 1 fully saturated rings. The molecular formula is C13H20N4O. The van der Waals surface area contributed by atoms with Crippen molar-refractivity contribution in [3.63, 3.8) is 0 Å². The van der Waals surface area contributed by atoms with Crippen molar-refractivity contribution in [1.29, 1.82) is 0 Å².